The van der Waals surface area contributed by atoms with Gasteiger partial charge in [-0.1, -0.05) is 62.8 Å². The van der Waals surface area contributed by atoms with Gasteiger partial charge in [-0.3, -0.25) is 0 Å². The summed E-state index contributed by atoms with van der Waals surface area (Å²) in [5.74, 6) is 0. The average molecular weight is 251 g/mol. The Bertz CT molecular complexity index is 450. The molecule has 0 bridgehead atoms. The van der Waals surface area contributed by atoms with E-state index in [9.17, 15) is 0 Å². The van der Waals surface area contributed by atoms with Gasteiger partial charge in [0, 0.05) is 11.4 Å². The first kappa shape index (κ1) is 14.8. The van der Waals surface area contributed by atoms with Gasteiger partial charge in [0.2, 0.25) is 0 Å². The van der Waals surface area contributed by atoms with Gasteiger partial charge >= 0.3 is 0 Å². The van der Waals surface area contributed by atoms with Crippen LogP contribution in [0.5, 0.6) is 0 Å². The molecule has 0 fully saturated rings. The normalized spacial score (nSPS) is 16.4. The Morgan fingerprint density at radius 2 is 1.16 bits per heavy atom. The summed E-state index contributed by atoms with van der Waals surface area (Å²) in [5, 5.41) is 3.44. The summed E-state index contributed by atoms with van der Waals surface area (Å²) >= 11 is 0. The maximum absolute atomic E-state index is 3.89. The van der Waals surface area contributed by atoms with Gasteiger partial charge in [0.1, 0.15) is 0 Å². The Balaban J connectivity index is 3.19. The van der Waals surface area contributed by atoms with Crippen LogP contribution in [0.3, 0.4) is 0 Å². The Kier molecular flexibility index (Phi) is 6.17. The first-order valence-electron chi connectivity index (χ1n) is 6.33. The summed E-state index contributed by atoms with van der Waals surface area (Å²) in [6, 6.07) is 0. The highest BCUT2D eigenvalue weighted by Crippen LogP contribution is 2.24. The van der Waals surface area contributed by atoms with Gasteiger partial charge in [0.15, 0.2) is 0 Å². The zero-order valence-corrected chi connectivity index (χ0v) is 11.4. The van der Waals surface area contributed by atoms with Crippen LogP contribution in [0.15, 0.2) is 97.5 Å². The fourth-order valence-corrected chi connectivity index (χ4v) is 1.89. The molecule has 0 aliphatic carbocycles. The van der Waals surface area contributed by atoms with Crippen LogP contribution in [0.2, 0.25) is 0 Å². The Hall–Kier alpha value is -2.28. The summed E-state index contributed by atoms with van der Waals surface area (Å²) < 4.78 is 0. The van der Waals surface area contributed by atoms with E-state index in [-0.39, 0.29) is 0 Å². The second-order valence-electron chi connectivity index (χ2n) is 4.10. The third kappa shape index (κ3) is 4.14. The number of hydrogen-bond donors (Lipinski definition) is 1. The molecular formula is C18H21N. The van der Waals surface area contributed by atoms with Gasteiger partial charge in [0.05, 0.1) is 0 Å². The van der Waals surface area contributed by atoms with E-state index in [1.165, 1.54) is 11.1 Å². The minimum atomic E-state index is 0.945. The van der Waals surface area contributed by atoms with Gasteiger partial charge in [-0.05, 0) is 36.1 Å². The van der Waals surface area contributed by atoms with Gasteiger partial charge < -0.3 is 5.32 Å². The number of allylic oxidation sites excluding steroid dienone is 10. The van der Waals surface area contributed by atoms with E-state index in [1.807, 2.05) is 36.5 Å². The lowest BCUT2D eigenvalue weighted by molar-refractivity contribution is 0.972. The van der Waals surface area contributed by atoms with E-state index in [4.69, 9.17) is 0 Å². The number of hydrogen-bond acceptors (Lipinski definition) is 1. The third-order valence-electron chi connectivity index (χ3n) is 2.92. The second kappa shape index (κ2) is 7.93. The largest absolute Gasteiger partial charge is 0.355 e. The fraction of sp³-hybridized carbons (Fsp3) is 0.111. The predicted octanol–water partition coefficient (Wildman–Crippen LogP) is 4.73. The highest BCUT2D eigenvalue weighted by molar-refractivity contribution is 5.43. The van der Waals surface area contributed by atoms with E-state index < -0.39 is 0 Å². The van der Waals surface area contributed by atoms with Gasteiger partial charge in [-0.15, -0.1) is 0 Å². The quantitative estimate of drug-likeness (QED) is 0.673. The summed E-state index contributed by atoms with van der Waals surface area (Å²) in [4.78, 5) is 0. The molecule has 1 aliphatic heterocycles. The SMILES string of the molecule is C=C/C=C\C1=C(C=C)CCC(C=C)=C(/C=C\C=C)N1. The molecule has 1 heterocycles. The molecule has 0 amide bonds. The molecule has 0 aromatic rings. The Labute approximate surface area is 116 Å². The summed E-state index contributed by atoms with van der Waals surface area (Å²) in [5.41, 5.74) is 4.49. The lowest BCUT2D eigenvalue weighted by Gasteiger charge is -2.10. The minimum absolute atomic E-state index is 0.945. The molecular weight excluding hydrogens is 230 g/mol. The van der Waals surface area contributed by atoms with Crippen LogP contribution < -0.4 is 5.32 Å². The second-order valence-corrected chi connectivity index (χ2v) is 4.10. The van der Waals surface area contributed by atoms with Crippen molar-refractivity contribution in [3.63, 3.8) is 0 Å². The van der Waals surface area contributed by atoms with Crippen LogP contribution in [-0.2, 0) is 0 Å². The summed E-state index contributed by atoms with van der Waals surface area (Å²) in [7, 11) is 0. The zero-order valence-electron chi connectivity index (χ0n) is 11.4. The number of rotatable bonds is 6. The lowest BCUT2D eigenvalue weighted by atomic mass is 10.0. The third-order valence-corrected chi connectivity index (χ3v) is 2.92. The van der Waals surface area contributed by atoms with Crippen LogP contribution in [0.1, 0.15) is 12.8 Å². The molecule has 1 heteroatoms. The molecule has 0 unspecified atom stereocenters. The molecule has 0 saturated heterocycles. The topological polar surface area (TPSA) is 12.0 Å². The molecule has 1 nitrogen and oxygen atoms in total. The van der Waals surface area contributed by atoms with E-state index in [2.05, 4.69) is 31.6 Å². The predicted molar refractivity (Wildman–Crippen MR) is 85.5 cm³/mol. The molecule has 0 aromatic heterocycles. The Morgan fingerprint density at radius 3 is 1.47 bits per heavy atom. The highest BCUT2D eigenvalue weighted by atomic mass is 14.9. The van der Waals surface area contributed by atoms with Gasteiger partial charge in [0.25, 0.3) is 0 Å². The maximum atomic E-state index is 3.89. The Morgan fingerprint density at radius 1 is 0.737 bits per heavy atom. The fourth-order valence-electron chi connectivity index (χ4n) is 1.89. The van der Waals surface area contributed by atoms with E-state index in [0.717, 1.165) is 24.2 Å². The maximum Gasteiger partial charge on any atom is 0.0416 e. The lowest BCUT2D eigenvalue weighted by Crippen LogP contribution is -2.11. The van der Waals surface area contributed by atoms with Gasteiger partial charge in [-0.2, -0.15) is 0 Å². The van der Waals surface area contributed by atoms with Crippen molar-refractivity contribution in [3.05, 3.63) is 97.5 Å². The van der Waals surface area contributed by atoms with Crippen molar-refractivity contribution in [2.45, 2.75) is 12.8 Å². The van der Waals surface area contributed by atoms with Crippen LogP contribution in [0.4, 0.5) is 0 Å². The molecule has 1 N–H and O–H groups in total. The van der Waals surface area contributed by atoms with Crippen molar-refractivity contribution < 1.29 is 0 Å². The van der Waals surface area contributed by atoms with E-state index in [1.54, 1.807) is 12.2 Å². The van der Waals surface area contributed by atoms with Crippen molar-refractivity contribution in [1.82, 2.24) is 5.32 Å². The van der Waals surface area contributed by atoms with Gasteiger partial charge in [-0.25, -0.2) is 0 Å². The average Bonchev–Trinajstić information content (AvgIpc) is 2.61. The molecule has 0 radical (unpaired) electrons. The van der Waals surface area contributed by atoms with Crippen molar-refractivity contribution in [3.8, 4) is 0 Å². The van der Waals surface area contributed by atoms with Crippen LogP contribution in [-0.4, -0.2) is 0 Å². The first-order valence-corrected chi connectivity index (χ1v) is 6.33. The van der Waals surface area contributed by atoms with Crippen LogP contribution in [0, 0.1) is 0 Å². The molecule has 1 aliphatic rings. The minimum Gasteiger partial charge on any atom is -0.355 e. The van der Waals surface area contributed by atoms with Crippen LogP contribution >= 0.6 is 0 Å². The molecule has 19 heavy (non-hydrogen) atoms. The standard InChI is InChI=1S/C18H21N/c1-5-9-11-17-15(7-3)13-14-16(8-4)18(19-17)12-10-6-2/h5-12,19H,1-4,13-14H2/b11-9-,12-10-. The molecule has 0 aromatic carbocycles. The van der Waals surface area contributed by atoms with Crippen molar-refractivity contribution in [2.75, 3.05) is 0 Å². The zero-order chi connectivity index (χ0) is 14.1. The highest BCUT2D eigenvalue weighted by Gasteiger charge is 2.11. The van der Waals surface area contributed by atoms with E-state index >= 15 is 0 Å². The van der Waals surface area contributed by atoms with Crippen molar-refractivity contribution >= 4 is 0 Å². The summed E-state index contributed by atoms with van der Waals surface area (Å²) in [6.45, 7) is 15.2. The molecule has 0 atom stereocenters. The monoisotopic (exact) mass is 251 g/mol. The molecule has 0 spiro atoms. The first-order chi connectivity index (χ1) is 9.26. The molecule has 1 rings (SSSR count). The smallest absolute Gasteiger partial charge is 0.0416 e. The molecule has 98 valence electrons. The summed E-state index contributed by atoms with van der Waals surface area (Å²) in [6.07, 6.45) is 17.1. The van der Waals surface area contributed by atoms with Crippen molar-refractivity contribution in [2.24, 2.45) is 0 Å². The van der Waals surface area contributed by atoms with Crippen molar-refractivity contribution in [1.29, 1.82) is 0 Å². The number of nitrogens with one attached hydrogen (secondary N) is 1. The van der Waals surface area contributed by atoms with E-state index in [0.29, 0.717) is 0 Å². The van der Waals surface area contributed by atoms with Crippen LogP contribution in [0.25, 0.3) is 0 Å². The molecule has 0 saturated carbocycles.